The molecule has 0 unspecified atom stereocenters. The molecule has 0 spiro atoms. The number of carbonyl (C=O) groups is 1. The van der Waals surface area contributed by atoms with Gasteiger partial charge < -0.3 is 10.4 Å². The quantitative estimate of drug-likeness (QED) is 0.889. The largest absolute Gasteiger partial charge is 0.393 e. The van der Waals surface area contributed by atoms with Crippen LogP contribution in [0, 0.1) is 5.92 Å². The van der Waals surface area contributed by atoms with Gasteiger partial charge in [0.2, 0.25) is 0 Å². The minimum atomic E-state index is -0.201. The maximum Gasteiger partial charge on any atom is 0.252 e. The minimum Gasteiger partial charge on any atom is -0.393 e. The van der Waals surface area contributed by atoms with Crippen LogP contribution in [0.3, 0.4) is 0 Å². The van der Waals surface area contributed by atoms with Crippen LogP contribution >= 0.6 is 23.2 Å². The first-order valence-electron chi connectivity index (χ1n) is 5.47. The van der Waals surface area contributed by atoms with Gasteiger partial charge in [-0.2, -0.15) is 0 Å². The van der Waals surface area contributed by atoms with E-state index in [1.807, 2.05) is 0 Å². The van der Waals surface area contributed by atoms with E-state index in [2.05, 4.69) is 5.32 Å². The van der Waals surface area contributed by atoms with Gasteiger partial charge in [-0.15, -0.1) is 0 Å². The summed E-state index contributed by atoms with van der Waals surface area (Å²) in [5.74, 6) is 0.174. The highest BCUT2D eigenvalue weighted by Gasteiger charge is 2.27. The fourth-order valence-corrected chi connectivity index (χ4v) is 2.37. The third kappa shape index (κ3) is 3.12. The molecule has 2 N–H and O–H groups in total. The third-order valence-corrected chi connectivity index (χ3v) is 3.49. The lowest BCUT2D eigenvalue weighted by atomic mass is 9.82. The second-order valence-corrected chi connectivity index (χ2v) is 5.17. The average Bonchev–Trinajstić information content (AvgIpc) is 2.22. The Bertz CT molecular complexity index is 431. The summed E-state index contributed by atoms with van der Waals surface area (Å²) in [6.07, 6.45) is 1.32. The van der Waals surface area contributed by atoms with E-state index >= 15 is 0 Å². The van der Waals surface area contributed by atoms with Crippen molar-refractivity contribution in [2.24, 2.45) is 5.92 Å². The predicted molar refractivity (Wildman–Crippen MR) is 67.5 cm³/mol. The summed E-state index contributed by atoms with van der Waals surface area (Å²) in [4.78, 5) is 11.8. The summed E-state index contributed by atoms with van der Waals surface area (Å²) in [6, 6.07) is 4.79. The molecule has 0 aromatic heterocycles. The van der Waals surface area contributed by atoms with Crippen molar-refractivity contribution in [3.63, 3.8) is 0 Å². The lowest BCUT2D eigenvalue weighted by Gasteiger charge is -2.31. The summed E-state index contributed by atoms with van der Waals surface area (Å²) < 4.78 is 0. The molecule has 1 saturated carbocycles. The Kier molecular flexibility index (Phi) is 3.92. The standard InChI is InChI=1S/C12H13Cl2NO2/c13-8-1-2-10(11(14)5-8)12(17)15-6-7-3-9(16)4-7/h1-2,5,7,9,16H,3-4,6H2,(H,15,17). The summed E-state index contributed by atoms with van der Waals surface area (Å²) in [7, 11) is 0. The van der Waals surface area contributed by atoms with E-state index in [-0.39, 0.29) is 12.0 Å². The summed E-state index contributed by atoms with van der Waals surface area (Å²) in [5.41, 5.74) is 0.427. The number of aliphatic hydroxyl groups excluding tert-OH is 1. The SMILES string of the molecule is O=C(NCC1CC(O)C1)c1ccc(Cl)cc1Cl. The molecule has 0 atom stereocenters. The Labute approximate surface area is 110 Å². The molecular weight excluding hydrogens is 261 g/mol. The molecule has 0 bridgehead atoms. The van der Waals surface area contributed by atoms with Gasteiger partial charge in [0.1, 0.15) is 0 Å². The summed E-state index contributed by atoms with van der Waals surface area (Å²) in [6.45, 7) is 0.578. The normalized spacial score (nSPS) is 23.0. The molecular formula is C12H13Cl2NO2. The predicted octanol–water partition coefficient (Wildman–Crippen LogP) is 2.49. The smallest absolute Gasteiger partial charge is 0.252 e. The van der Waals surface area contributed by atoms with Gasteiger partial charge in [-0.3, -0.25) is 4.79 Å². The van der Waals surface area contributed by atoms with Crippen molar-refractivity contribution in [3.05, 3.63) is 33.8 Å². The zero-order valence-corrected chi connectivity index (χ0v) is 10.6. The van der Waals surface area contributed by atoms with Crippen molar-refractivity contribution < 1.29 is 9.90 Å². The van der Waals surface area contributed by atoms with Gasteiger partial charge in [-0.05, 0) is 37.0 Å². The van der Waals surface area contributed by atoms with Gasteiger partial charge in [0, 0.05) is 11.6 Å². The number of hydrogen-bond donors (Lipinski definition) is 2. The molecule has 5 heteroatoms. The average molecular weight is 274 g/mol. The minimum absolute atomic E-state index is 0.198. The molecule has 1 aromatic rings. The van der Waals surface area contributed by atoms with Crippen LogP contribution in [0.1, 0.15) is 23.2 Å². The first-order valence-corrected chi connectivity index (χ1v) is 6.23. The second kappa shape index (κ2) is 5.25. The van der Waals surface area contributed by atoms with Crippen LogP contribution in [0.2, 0.25) is 10.0 Å². The highest BCUT2D eigenvalue weighted by Crippen LogP contribution is 2.26. The van der Waals surface area contributed by atoms with Crippen LogP contribution in [0.15, 0.2) is 18.2 Å². The van der Waals surface area contributed by atoms with E-state index in [9.17, 15) is 4.79 Å². The van der Waals surface area contributed by atoms with Gasteiger partial charge in [0.15, 0.2) is 0 Å². The Morgan fingerprint density at radius 2 is 2.12 bits per heavy atom. The Balaban J connectivity index is 1.91. The molecule has 1 aromatic carbocycles. The van der Waals surface area contributed by atoms with Gasteiger partial charge in [0.25, 0.3) is 5.91 Å². The number of nitrogens with one attached hydrogen (secondary N) is 1. The number of rotatable bonds is 3. The zero-order chi connectivity index (χ0) is 12.4. The fourth-order valence-electron chi connectivity index (χ4n) is 1.87. The van der Waals surface area contributed by atoms with Crippen molar-refractivity contribution in [3.8, 4) is 0 Å². The molecule has 92 valence electrons. The van der Waals surface area contributed by atoms with Gasteiger partial charge in [-0.25, -0.2) is 0 Å². The first kappa shape index (κ1) is 12.7. The molecule has 0 radical (unpaired) electrons. The lowest BCUT2D eigenvalue weighted by Crippen LogP contribution is -2.38. The van der Waals surface area contributed by atoms with Crippen LogP contribution in [-0.2, 0) is 0 Å². The van der Waals surface area contributed by atoms with Crippen molar-refractivity contribution in [1.29, 1.82) is 0 Å². The second-order valence-electron chi connectivity index (χ2n) is 4.33. The number of hydrogen-bond acceptors (Lipinski definition) is 2. The topological polar surface area (TPSA) is 49.3 Å². The maximum absolute atomic E-state index is 11.8. The van der Waals surface area contributed by atoms with E-state index in [1.54, 1.807) is 18.2 Å². The highest BCUT2D eigenvalue weighted by molar-refractivity contribution is 6.36. The van der Waals surface area contributed by atoms with E-state index in [1.165, 1.54) is 0 Å². The molecule has 1 aliphatic rings. The summed E-state index contributed by atoms with van der Waals surface area (Å²) in [5, 5.41) is 12.8. The van der Waals surface area contributed by atoms with E-state index < -0.39 is 0 Å². The maximum atomic E-state index is 11.8. The molecule has 0 saturated heterocycles. The highest BCUT2D eigenvalue weighted by atomic mass is 35.5. The summed E-state index contributed by atoms with van der Waals surface area (Å²) >= 11 is 11.7. The van der Waals surface area contributed by atoms with Gasteiger partial charge in [0.05, 0.1) is 16.7 Å². The van der Waals surface area contributed by atoms with E-state index in [0.29, 0.717) is 28.1 Å². The molecule has 1 amide bonds. The molecule has 3 nitrogen and oxygen atoms in total. The molecule has 1 aliphatic carbocycles. The zero-order valence-electron chi connectivity index (χ0n) is 9.12. The van der Waals surface area contributed by atoms with Crippen LogP contribution in [0.4, 0.5) is 0 Å². The lowest BCUT2D eigenvalue weighted by molar-refractivity contribution is 0.0420. The Morgan fingerprint density at radius 1 is 1.41 bits per heavy atom. The van der Waals surface area contributed by atoms with Gasteiger partial charge in [-0.1, -0.05) is 23.2 Å². The molecule has 17 heavy (non-hydrogen) atoms. The number of amides is 1. The molecule has 1 fully saturated rings. The van der Waals surface area contributed by atoms with Crippen LogP contribution in [0.25, 0.3) is 0 Å². The molecule has 0 heterocycles. The van der Waals surface area contributed by atoms with E-state index in [0.717, 1.165) is 12.8 Å². The number of benzene rings is 1. The van der Waals surface area contributed by atoms with E-state index in [4.69, 9.17) is 28.3 Å². The van der Waals surface area contributed by atoms with Crippen molar-refractivity contribution in [2.45, 2.75) is 18.9 Å². The number of aliphatic hydroxyl groups is 1. The molecule has 0 aliphatic heterocycles. The third-order valence-electron chi connectivity index (χ3n) is 2.94. The van der Waals surface area contributed by atoms with Crippen molar-refractivity contribution >= 4 is 29.1 Å². The Hall–Kier alpha value is -0.770. The van der Waals surface area contributed by atoms with Crippen molar-refractivity contribution in [1.82, 2.24) is 5.32 Å². The number of carbonyl (C=O) groups excluding carboxylic acids is 1. The monoisotopic (exact) mass is 273 g/mol. The van der Waals surface area contributed by atoms with Crippen LogP contribution in [-0.4, -0.2) is 23.7 Å². The van der Waals surface area contributed by atoms with Crippen molar-refractivity contribution in [2.75, 3.05) is 6.54 Å². The first-order chi connectivity index (χ1) is 8.06. The number of halogens is 2. The van der Waals surface area contributed by atoms with Crippen LogP contribution in [0.5, 0.6) is 0 Å². The molecule has 2 rings (SSSR count). The van der Waals surface area contributed by atoms with Gasteiger partial charge >= 0.3 is 0 Å². The van der Waals surface area contributed by atoms with Crippen LogP contribution < -0.4 is 5.32 Å². The Morgan fingerprint density at radius 3 is 2.71 bits per heavy atom. The fraction of sp³-hybridized carbons (Fsp3) is 0.417.